The highest BCUT2D eigenvalue weighted by atomic mass is 32.1. The first kappa shape index (κ1) is 42.2. The van der Waals surface area contributed by atoms with Gasteiger partial charge >= 0.3 is 0 Å². The Morgan fingerprint density at radius 2 is 0.960 bits per heavy atom. The summed E-state index contributed by atoms with van der Waals surface area (Å²) in [6.45, 7) is 4.84. The Morgan fingerprint density at radius 3 is 1.83 bits per heavy atom. The maximum absolute atomic E-state index is 5.39. The highest BCUT2D eigenvalue weighted by molar-refractivity contribution is 7.25. The summed E-state index contributed by atoms with van der Waals surface area (Å²) >= 11 is 1.81. The number of nitrogens with zero attached hydrogens (tertiary/aromatic N) is 4. The molecule has 0 unspecified atom stereocenters. The Bertz CT molecular complexity index is 4740. The van der Waals surface area contributed by atoms with E-state index in [0.29, 0.717) is 17.5 Å². The highest BCUT2D eigenvalue weighted by Crippen LogP contribution is 2.60. The van der Waals surface area contributed by atoms with Crippen LogP contribution >= 0.6 is 11.3 Å². The van der Waals surface area contributed by atoms with Gasteiger partial charge in [-0.3, -0.25) is 0 Å². The molecule has 0 saturated heterocycles. The highest BCUT2D eigenvalue weighted by Gasteiger charge is 2.43. The van der Waals surface area contributed by atoms with Crippen molar-refractivity contribution in [2.45, 2.75) is 19.3 Å². The molecule has 14 aromatic rings. The monoisotopic (exact) mass is 972 g/mol. The standard InChI is InChI=1S/C70H44N4S/c1-70(2)58-28-15-27-54-50-22-7-10-29-59(50)74-60-30-11-8-23-51(60)57-40-56(65(70)64(63(54)58)66(57)74)45-19-13-18-44(38-45)49-21-5-6-25-55(49)69-72-67(43-34-32-42(33-35-43)48-26-14-17-41-16-3-4-20-47(41)48)71-68(73-69)46-36-37-53-52-24-9-12-31-61(52)75-62(53)39-46/h3-40H,1-2H3. The molecular weight excluding hydrogens is 929 g/mol. The SMILES string of the molecule is CC1(C)c2cccc3c2-c2c1c(-c1cccc(-c4ccccc4-c4nc(-c5ccc(-c6cccc7ccccc67)cc5)nc(-c5ccc6c(c5)sc5ccccc56)n4)c1)cc1c4ccccc4n(c21)-c1ccccc1-3. The third-order valence-electron chi connectivity index (χ3n) is 16.2. The van der Waals surface area contributed by atoms with Gasteiger partial charge in [0.25, 0.3) is 0 Å². The Hall–Kier alpha value is -9.29. The van der Waals surface area contributed by atoms with E-state index in [1.807, 2.05) is 0 Å². The lowest BCUT2D eigenvalue weighted by Crippen LogP contribution is -2.16. The molecule has 75 heavy (non-hydrogen) atoms. The van der Waals surface area contributed by atoms with Crippen molar-refractivity contribution in [2.75, 3.05) is 0 Å². The zero-order valence-electron chi connectivity index (χ0n) is 41.1. The number of hydrogen-bond donors (Lipinski definition) is 0. The molecule has 11 aromatic carbocycles. The number of thiophene rings is 1. The van der Waals surface area contributed by atoms with E-state index in [1.54, 1.807) is 11.3 Å². The second-order valence-corrected chi connectivity index (χ2v) is 21.7. The Balaban J connectivity index is 0.878. The van der Waals surface area contributed by atoms with E-state index in [9.17, 15) is 0 Å². The molecule has 16 rings (SSSR count). The van der Waals surface area contributed by atoms with Gasteiger partial charge in [0.2, 0.25) is 0 Å². The van der Waals surface area contributed by atoms with Gasteiger partial charge in [0.05, 0.1) is 16.7 Å². The van der Waals surface area contributed by atoms with Crippen molar-refractivity contribution in [3.8, 4) is 95.5 Å². The number of rotatable bonds is 6. The van der Waals surface area contributed by atoms with Crippen LogP contribution < -0.4 is 0 Å². The van der Waals surface area contributed by atoms with Gasteiger partial charge in [0, 0.05) is 64.2 Å². The molecule has 0 N–H and O–H groups in total. The van der Waals surface area contributed by atoms with Crippen LogP contribution in [0.1, 0.15) is 25.0 Å². The van der Waals surface area contributed by atoms with Gasteiger partial charge < -0.3 is 4.57 Å². The van der Waals surface area contributed by atoms with Gasteiger partial charge in [-0.05, 0) is 103 Å². The van der Waals surface area contributed by atoms with Crippen LogP contribution in [0.4, 0.5) is 0 Å². The van der Waals surface area contributed by atoms with E-state index in [2.05, 4.69) is 249 Å². The molecule has 0 amide bonds. The molecular formula is C70H44N4S. The molecule has 5 heteroatoms. The predicted octanol–water partition coefficient (Wildman–Crippen LogP) is 18.8. The molecule has 4 nitrogen and oxygen atoms in total. The molecule has 0 radical (unpaired) electrons. The Kier molecular flexibility index (Phi) is 8.93. The predicted molar refractivity (Wildman–Crippen MR) is 314 cm³/mol. The number of hydrogen-bond acceptors (Lipinski definition) is 4. The van der Waals surface area contributed by atoms with Crippen molar-refractivity contribution < 1.29 is 0 Å². The lowest BCUT2D eigenvalue weighted by molar-refractivity contribution is 0.662. The maximum atomic E-state index is 5.39. The first-order valence-corrected chi connectivity index (χ1v) is 26.6. The fraction of sp³-hybridized carbons (Fsp3) is 0.0429. The lowest BCUT2D eigenvalue weighted by atomic mass is 9.78. The van der Waals surface area contributed by atoms with Crippen LogP contribution in [0, 0.1) is 0 Å². The van der Waals surface area contributed by atoms with E-state index in [-0.39, 0.29) is 5.41 Å². The van der Waals surface area contributed by atoms with Crippen molar-refractivity contribution in [3.63, 3.8) is 0 Å². The van der Waals surface area contributed by atoms with Crippen LogP contribution in [0.2, 0.25) is 0 Å². The van der Waals surface area contributed by atoms with Gasteiger partial charge in [-0.25, -0.2) is 15.0 Å². The van der Waals surface area contributed by atoms with Gasteiger partial charge in [-0.1, -0.05) is 208 Å². The molecule has 0 fully saturated rings. The first-order valence-electron chi connectivity index (χ1n) is 25.8. The molecule has 1 aliphatic heterocycles. The number of fused-ring (bicyclic) bond motifs is 10. The van der Waals surface area contributed by atoms with Crippen LogP contribution in [0.3, 0.4) is 0 Å². The summed E-state index contributed by atoms with van der Waals surface area (Å²) in [4.78, 5) is 16.1. The van der Waals surface area contributed by atoms with E-state index < -0.39 is 0 Å². The minimum Gasteiger partial charge on any atom is -0.308 e. The third kappa shape index (κ3) is 6.19. The molecule has 0 saturated carbocycles. The Labute approximate surface area is 437 Å². The average Bonchev–Trinajstić information content (AvgIpc) is 4.10. The quantitative estimate of drug-likeness (QED) is 0.167. The van der Waals surface area contributed by atoms with Crippen molar-refractivity contribution in [2.24, 2.45) is 0 Å². The second-order valence-electron chi connectivity index (χ2n) is 20.6. The van der Waals surface area contributed by atoms with Gasteiger partial charge in [-0.2, -0.15) is 0 Å². The molecule has 350 valence electrons. The van der Waals surface area contributed by atoms with Gasteiger partial charge in [0.1, 0.15) is 0 Å². The van der Waals surface area contributed by atoms with Crippen molar-refractivity contribution in [3.05, 3.63) is 242 Å². The number of aromatic nitrogens is 4. The fourth-order valence-corrected chi connectivity index (χ4v) is 13.9. The van der Waals surface area contributed by atoms with Crippen molar-refractivity contribution in [1.82, 2.24) is 19.5 Å². The fourth-order valence-electron chi connectivity index (χ4n) is 12.8. The van der Waals surface area contributed by atoms with E-state index in [4.69, 9.17) is 15.0 Å². The van der Waals surface area contributed by atoms with E-state index in [0.717, 1.165) is 33.4 Å². The normalized spacial score (nSPS) is 13.0. The lowest BCUT2D eigenvalue weighted by Gasteiger charge is -2.26. The zero-order chi connectivity index (χ0) is 49.5. The summed E-state index contributed by atoms with van der Waals surface area (Å²) in [5, 5.41) is 7.48. The molecule has 4 heterocycles. The molecule has 2 aliphatic rings. The zero-order valence-corrected chi connectivity index (χ0v) is 42.0. The topological polar surface area (TPSA) is 43.6 Å². The van der Waals surface area contributed by atoms with Gasteiger partial charge in [-0.15, -0.1) is 11.3 Å². The summed E-state index contributed by atoms with van der Waals surface area (Å²) in [6, 6.07) is 84.1. The smallest absolute Gasteiger partial charge is 0.164 e. The summed E-state index contributed by atoms with van der Waals surface area (Å²) in [5.41, 5.74) is 21.2. The minimum absolute atomic E-state index is 0.269. The maximum Gasteiger partial charge on any atom is 0.164 e. The molecule has 1 aliphatic carbocycles. The van der Waals surface area contributed by atoms with Gasteiger partial charge in [0.15, 0.2) is 17.5 Å². The molecule has 3 aromatic heterocycles. The molecule has 0 bridgehead atoms. The second kappa shape index (κ2) is 15.9. The van der Waals surface area contributed by atoms with E-state index in [1.165, 1.54) is 109 Å². The van der Waals surface area contributed by atoms with Crippen LogP contribution in [-0.2, 0) is 5.41 Å². The molecule has 0 atom stereocenters. The summed E-state index contributed by atoms with van der Waals surface area (Å²) < 4.78 is 5.01. The van der Waals surface area contributed by atoms with Crippen molar-refractivity contribution in [1.29, 1.82) is 0 Å². The summed E-state index contributed by atoms with van der Waals surface area (Å²) in [6.07, 6.45) is 0. The minimum atomic E-state index is -0.269. The van der Waals surface area contributed by atoms with Crippen LogP contribution in [0.5, 0.6) is 0 Å². The van der Waals surface area contributed by atoms with E-state index >= 15 is 0 Å². The van der Waals surface area contributed by atoms with Crippen molar-refractivity contribution >= 4 is 64.1 Å². The first-order chi connectivity index (χ1) is 36.9. The van der Waals surface area contributed by atoms with Crippen LogP contribution in [0.25, 0.3) is 148 Å². The summed E-state index contributed by atoms with van der Waals surface area (Å²) in [5.74, 6) is 1.89. The molecule has 0 spiro atoms. The Morgan fingerprint density at radius 1 is 0.360 bits per heavy atom. The largest absolute Gasteiger partial charge is 0.308 e. The number of benzene rings is 11. The van der Waals surface area contributed by atoms with Crippen LogP contribution in [0.15, 0.2) is 231 Å². The van der Waals surface area contributed by atoms with Crippen LogP contribution in [-0.4, -0.2) is 19.5 Å². The summed E-state index contributed by atoms with van der Waals surface area (Å²) in [7, 11) is 0. The third-order valence-corrected chi connectivity index (χ3v) is 17.3. The number of para-hydroxylation sites is 2. The average molecular weight is 973 g/mol.